The molecule has 0 spiro atoms. The van der Waals surface area contributed by atoms with Crippen molar-refractivity contribution in [3.05, 3.63) is 23.2 Å². The minimum atomic E-state index is -2.47. The molecule has 0 bridgehead atoms. The predicted octanol–water partition coefficient (Wildman–Crippen LogP) is 2.54. The molecule has 0 saturated heterocycles. The second-order valence-electron chi connectivity index (χ2n) is 3.09. The summed E-state index contributed by atoms with van der Waals surface area (Å²) in [5, 5.41) is 4.77. The molecule has 0 fully saturated rings. The largest absolute Gasteiger partial charge is 0.382 e. The summed E-state index contributed by atoms with van der Waals surface area (Å²) in [7, 11) is 0. The van der Waals surface area contributed by atoms with Crippen LogP contribution in [0.3, 0.4) is 0 Å². The molecule has 1 aromatic heterocycles. The third-order valence-electron chi connectivity index (χ3n) is 2.07. The van der Waals surface area contributed by atoms with Gasteiger partial charge in [-0.2, -0.15) is 5.10 Å². The number of rotatable bonds is 2. The molecule has 1 aromatic carbocycles. The Bertz CT molecular complexity index is 495. The Balaban J connectivity index is 2.63. The van der Waals surface area contributed by atoms with E-state index in [0.29, 0.717) is 15.9 Å². The number of anilines is 1. The van der Waals surface area contributed by atoms with Crippen molar-refractivity contribution in [2.45, 2.75) is 13.0 Å². The smallest absolute Gasteiger partial charge is 0.257 e. The van der Waals surface area contributed by atoms with Gasteiger partial charge in [0, 0.05) is 0 Å². The van der Waals surface area contributed by atoms with Gasteiger partial charge in [-0.05, 0) is 12.1 Å². The highest BCUT2D eigenvalue weighted by molar-refractivity contribution is 6.36. The number of halogens is 3. The lowest BCUT2D eigenvalue weighted by Gasteiger charge is -2.01. The minimum absolute atomic E-state index is 0.177. The summed E-state index contributed by atoms with van der Waals surface area (Å²) in [4.78, 5) is 0. The van der Waals surface area contributed by atoms with Gasteiger partial charge < -0.3 is 5.73 Å². The van der Waals surface area contributed by atoms with Gasteiger partial charge in [0.1, 0.15) is 6.54 Å². The molecule has 0 unspecified atom stereocenters. The number of aromatic nitrogens is 2. The average molecular weight is 232 g/mol. The van der Waals surface area contributed by atoms with Crippen LogP contribution in [0.25, 0.3) is 10.9 Å². The highest BCUT2D eigenvalue weighted by Gasteiger charge is 2.13. The van der Waals surface area contributed by atoms with Crippen molar-refractivity contribution in [1.82, 2.24) is 9.78 Å². The Morgan fingerprint density at radius 3 is 2.87 bits per heavy atom. The van der Waals surface area contributed by atoms with E-state index in [4.69, 9.17) is 17.3 Å². The third-order valence-corrected chi connectivity index (χ3v) is 2.38. The maximum atomic E-state index is 12.2. The van der Waals surface area contributed by atoms with E-state index in [9.17, 15) is 8.78 Å². The van der Waals surface area contributed by atoms with Crippen molar-refractivity contribution >= 4 is 28.3 Å². The maximum Gasteiger partial charge on any atom is 0.257 e. The normalized spacial score (nSPS) is 11.5. The van der Waals surface area contributed by atoms with Crippen LogP contribution >= 0.6 is 11.6 Å². The summed E-state index contributed by atoms with van der Waals surface area (Å²) in [5.74, 6) is 0.177. The topological polar surface area (TPSA) is 43.8 Å². The van der Waals surface area contributed by atoms with Gasteiger partial charge in [0.25, 0.3) is 6.43 Å². The van der Waals surface area contributed by atoms with Crippen LogP contribution in [0.1, 0.15) is 0 Å². The van der Waals surface area contributed by atoms with E-state index in [2.05, 4.69) is 5.10 Å². The van der Waals surface area contributed by atoms with Crippen LogP contribution < -0.4 is 5.73 Å². The zero-order valence-corrected chi connectivity index (χ0v) is 8.38. The highest BCUT2D eigenvalue weighted by Crippen LogP contribution is 2.28. The maximum absolute atomic E-state index is 12.2. The number of nitrogens with zero attached hydrogens (tertiary/aromatic N) is 2. The number of alkyl halides is 2. The van der Waals surface area contributed by atoms with Crippen LogP contribution in [0.15, 0.2) is 18.2 Å². The molecule has 80 valence electrons. The molecule has 0 aliphatic rings. The standard InChI is InChI=1S/C9H8ClF2N3/c10-5-2-1-3-6-8(5)9(13)14-15(6)4-7(11)12/h1-3,7H,4H2,(H2,13,14). The first-order chi connectivity index (χ1) is 7.09. The zero-order valence-electron chi connectivity index (χ0n) is 7.62. The fourth-order valence-electron chi connectivity index (χ4n) is 1.49. The number of nitrogen functional groups attached to an aromatic ring is 1. The van der Waals surface area contributed by atoms with Gasteiger partial charge in [-0.3, -0.25) is 4.68 Å². The molecule has 6 heteroatoms. The Labute approximate surface area is 89.4 Å². The van der Waals surface area contributed by atoms with E-state index < -0.39 is 13.0 Å². The van der Waals surface area contributed by atoms with E-state index in [1.807, 2.05) is 0 Å². The van der Waals surface area contributed by atoms with Gasteiger partial charge in [0.2, 0.25) is 0 Å². The lowest BCUT2D eigenvalue weighted by atomic mass is 10.2. The number of hydrogen-bond donors (Lipinski definition) is 1. The second-order valence-corrected chi connectivity index (χ2v) is 3.50. The van der Waals surface area contributed by atoms with Gasteiger partial charge in [0.05, 0.1) is 15.9 Å². The van der Waals surface area contributed by atoms with Crippen LogP contribution in [0, 0.1) is 0 Å². The zero-order chi connectivity index (χ0) is 11.0. The number of fused-ring (bicyclic) bond motifs is 1. The number of hydrogen-bond acceptors (Lipinski definition) is 2. The van der Waals surface area contributed by atoms with E-state index in [0.717, 1.165) is 0 Å². The summed E-state index contributed by atoms with van der Waals surface area (Å²) in [5.41, 5.74) is 6.12. The summed E-state index contributed by atoms with van der Waals surface area (Å²) in [6, 6.07) is 4.98. The molecule has 0 amide bonds. The van der Waals surface area contributed by atoms with Crippen LogP contribution in [0.5, 0.6) is 0 Å². The molecular weight excluding hydrogens is 224 g/mol. The summed E-state index contributed by atoms with van der Waals surface area (Å²) < 4.78 is 25.6. The van der Waals surface area contributed by atoms with E-state index in [1.165, 1.54) is 4.68 Å². The molecule has 0 radical (unpaired) electrons. The number of benzene rings is 1. The van der Waals surface area contributed by atoms with Gasteiger partial charge in [0.15, 0.2) is 5.82 Å². The van der Waals surface area contributed by atoms with Crippen LogP contribution in [-0.2, 0) is 6.54 Å². The lowest BCUT2D eigenvalue weighted by Crippen LogP contribution is -2.08. The third kappa shape index (κ3) is 1.74. The van der Waals surface area contributed by atoms with E-state index in [-0.39, 0.29) is 5.82 Å². The fourth-order valence-corrected chi connectivity index (χ4v) is 1.75. The van der Waals surface area contributed by atoms with Crippen molar-refractivity contribution in [3.63, 3.8) is 0 Å². The molecule has 0 saturated carbocycles. The van der Waals surface area contributed by atoms with E-state index >= 15 is 0 Å². The van der Waals surface area contributed by atoms with Crippen LogP contribution in [0.4, 0.5) is 14.6 Å². The first-order valence-corrected chi connectivity index (χ1v) is 4.66. The molecule has 0 aliphatic heterocycles. The van der Waals surface area contributed by atoms with Crippen LogP contribution in [0.2, 0.25) is 5.02 Å². The summed E-state index contributed by atoms with van der Waals surface area (Å²) in [6.07, 6.45) is -2.47. The highest BCUT2D eigenvalue weighted by atomic mass is 35.5. The van der Waals surface area contributed by atoms with Gasteiger partial charge in [-0.1, -0.05) is 17.7 Å². The Kier molecular flexibility index (Phi) is 2.48. The first-order valence-electron chi connectivity index (χ1n) is 4.28. The summed E-state index contributed by atoms with van der Waals surface area (Å²) in [6.45, 7) is -0.478. The SMILES string of the molecule is Nc1nn(CC(F)F)c2cccc(Cl)c12. The molecule has 1 heterocycles. The molecule has 0 atom stereocenters. The molecule has 2 rings (SSSR count). The molecular formula is C9H8ClF2N3. The molecule has 2 aromatic rings. The molecule has 3 nitrogen and oxygen atoms in total. The van der Waals surface area contributed by atoms with Crippen molar-refractivity contribution in [3.8, 4) is 0 Å². The van der Waals surface area contributed by atoms with E-state index in [1.54, 1.807) is 18.2 Å². The Hall–Kier alpha value is -1.36. The fraction of sp³-hybridized carbons (Fsp3) is 0.222. The minimum Gasteiger partial charge on any atom is -0.382 e. The second kappa shape index (κ2) is 3.66. The Morgan fingerprint density at radius 1 is 1.47 bits per heavy atom. The number of nitrogens with two attached hydrogens (primary N) is 1. The monoisotopic (exact) mass is 231 g/mol. The average Bonchev–Trinajstić information content (AvgIpc) is 2.44. The van der Waals surface area contributed by atoms with Gasteiger partial charge in [-0.25, -0.2) is 8.78 Å². The lowest BCUT2D eigenvalue weighted by molar-refractivity contribution is 0.123. The first kappa shape index (κ1) is 10.2. The molecule has 15 heavy (non-hydrogen) atoms. The van der Waals surface area contributed by atoms with Crippen molar-refractivity contribution in [1.29, 1.82) is 0 Å². The van der Waals surface area contributed by atoms with Crippen LogP contribution in [-0.4, -0.2) is 16.2 Å². The van der Waals surface area contributed by atoms with Crippen molar-refractivity contribution in [2.75, 3.05) is 5.73 Å². The molecule has 0 aliphatic carbocycles. The Morgan fingerprint density at radius 2 is 2.20 bits per heavy atom. The summed E-state index contributed by atoms with van der Waals surface area (Å²) >= 11 is 5.89. The van der Waals surface area contributed by atoms with Crippen molar-refractivity contribution in [2.24, 2.45) is 0 Å². The van der Waals surface area contributed by atoms with Gasteiger partial charge >= 0.3 is 0 Å². The molecule has 2 N–H and O–H groups in total. The predicted molar refractivity (Wildman–Crippen MR) is 55.2 cm³/mol. The van der Waals surface area contributed by atoms with Crippen molar-refractivity contribution < 1.29 is 8.78 Å². The quantitative estimate of drug-likeness (QED) is 0.863. The van der Waals surface area contributed by atoms with Gasteiger partial charge in [-0.15, -0.1) is 0 Å².